The molecule has 2 heterocycles. The van der Waals surface area contributed by atoms with E-state index < -0.39 is 0 Å². The van der Waals surface area contributed by atoms with E-state index in [9.17, 15) is 9.59 Å². The average Bonchev–Trinajstić information content (AvgIpc) is 3.20. The molecule has 0 bridgehead atoms. The molecule has 0 aliphatic carbocycles. The number of fused-ring (bicyclic) bond motifs is 1. The molecule has 0 aliphatic heterocycles. The number of pyridine rings is 1. The number of carbonyl (C=O) groups excluding carboxylic acids is 2. The molecule has 1 N–H and O–H groups in total. The van der Waals surface area contributed by atoms with Crippen molar-refractivity contribution < 1.29 is 19.1 Å². The minimum absolute atomic E-state index is 0.0466. The number of amides is 2. The highest BCUT2D eigenvalue weighted by Crippen LogP contribution is 2.26. The summed E-state index contributed by atoms with van der Waals surface area (Å²) in [7, 11) is 3.21. The van der Waals surface area contributed by atoms with Crippen molar-refractivity contribution in [2.45, 2.75) is 20.4 Å². The normalized spacial score (nSPS) is 10.7. The van der Waals surface area contributed by atoms with Gasteiger partial charge in [0.15, 0.2) is 5.65 Å². The van der Waals surface area contributed by atoms with Crippen LogP contribution in [0.2, 0.25) is 0 Å². The van der Waals surface area contributed by atoms with Crippen LogP contribution in [-0.2, 0) is 11.3 Å². The zero-order chi connectivity index (χ0) is 22.4. The number of aromatic nitrogens is 3. The molecule has 31 heavy (non-hydrogen) atoms. The highest BCUT2D eigenvalue weighted by atomic mass is 16.5. The first-order valence-electron chi connectivity index (χ1n) is 10.1. The molecule has 0 radical (unpaired) electrons. The Morgan fingerprint density at radius 2 is 1.87 bits per heavy atom. The lowest BCUT2D eigenvalue weighted by Gasteiger charge is -2.18. The smallest absolute Gasteiger partial charge is 0.253 e. The van der Waals surface area contributed by atoms with Gasteiger partial charge in [0.2, 0.25) is 5.91 Å². The Morgan fingerprint density at radius 1 is 1.10 bits per heavy atom. The van der Waals surface area contributed by atoms with Crippen molar-refractivity contribution in [1.29, 1.82) is 0 Å². The Balaban J connectivity index is 1.74. The van der Waals surface area contributed by atoms with Crippen molar-refractivity contribution >= 4 is 22.8 Å². The molecule has 164 valence electrons. The minimum atomic E-state index is -0.348. The Hall–Kier alpha value is -3.62. The lowest BCUT2D eigenvalue weighted by Crippen LogP contribution is -2.40. The predicted molar refractivity (Wildman–Crippen MR) is 116 cm³/mol. The van der Waals surface area contributed by atoms with E-state index in [0.29, 0.717) is 42.3 Å². The monoisotopic (exact) mass is 425 g/mol. The second kappa shape index (κ2) is 9.92. The molecular weight excluding hydrogens is 398 g/mol. The van der Waals surface area contributed by atoms with Gasteiger partial charge in [0.1, 0.15) is 11.5 Å². The molecule has 0 saturated heterocycles. The molecule has 0 spiro atoms. The maximum atomic E-state index is 12.5. The van der Waals surface area contributed by atoms with Gasteiger partial charge in [-0.25, -0.2) is 9.67 Å². The third-order valence-electron chi connectivity index (χ3n) is 5.07. The van der Waals surface area contributed by atoms with E-state index in [4.69, 9.17) is 9.47 Å². The van der Waals surface area contributed by atoms with E-state index in [1.807, 2.05) is 32.0 Å². The van der Waals surface area contributed by atoms with Crippen molar-refractivity contribution in [2.24, 2.45) is 0 Å². The highest BCUT2D eigenvalue weighted by molar-refractivity contribution is 5.98. The Labute approximate surface area is 181 Å². The molecule has 0 saturated carbocycles. The van der Waals surface area contributed by atoms with E-state index in [-0.39, 0.29) is 18.4 Å². The summed E-state index contributed by atoms with van der Waals surface area (Å²) in [5.74, 6) is 0.934. The van der Waals surface area contributed by atoms with Gasteiger partial charge in [-0.2, -0.15) is 5.10 Å². The van der Waals surface area contributed by atoms with Crippen LogP contribution in [0.25, 0.3) is 11.0 Å². The largest absolute Gasteiger partial charge is 0.497 e. The van der Waals surface area contributed by atoms with Crippen molar-refractivity contribution in [1.82, 2.24) is 25.0 Å². The third-order valence-corrected chi connectivity index (χ3v) is 5.07. The van der Waals surface area contributed by atoms with Gasteiger partial charge in [-0.05, 0) is 32.0 Å². The van der Waals surface area contributed by atoms with Crippen LogP contribution in [-0.4, -0.2) is 65.3 Å². The summed E-state index contributed by atoms with van der Waals surface area (Å²) in [5.41, 5.74) is 1.95. The number of rotatable bonds is 9. The summed E-state index contributed by atoms with van der Waals surface area (Å²) in [6.45, 7) is 5.43. The first-order valence-corrected chi connectivity index (χ1v) is 10.1. The summed E-state index contributed by atoms with van der Waals surface area (Å²) in [6.07, 6.45) is 3.15. The molecule has 9 nitrogen and oxygen atoms in total. The maximum absolute atomic E-state index is 12.5. The van der Waals surface area contributed by atoms with Gasteiger partial charge in [0.05, 0.1) is 39.1 Å². The zero-order valence-corrected chi connectivity index (χ0v) is 18.2. The van der Waals surface area contributed by atoms with Gasteiger partial charge in [0.25, 0.3) is 5.91 Å². The first-order chi connectivity index (χ1) is 15.0. The van der Waals surface area contributed by atoms with E-state index in [0.717, 1.165) is 10.9 Å². The molecule has 0 aliphatic rings. The zero-order valence-electron chi connectivity index (χ0n) is 18.2. The number of methoxy groups -OCH3 is 2. The number of nitrogens with zero attached hydrogens (tertiary/aromatic N) is 4. The van der Waals surface area contributed by atoms with E-state index >= 15 is 0 Å². The fourth-order valence-electron chi connectivity index (χ4n) is 3.30. The van der Waals surface area contributed by atoms with Gasteiger partial charge >= 0.3 is 0 Å². The van der Waals surface area contributed by atoms with Crippen LogP contribution in [0.4, 0.5) is 0 Å². The van der Waals surface area contributed by atoms with Crippen LogP contribution in [0.5, 0.6) is 11.5 Å². The Kier molecular flexibility index (Phi) is 7.07. The number of hydrogen-bond acceptors (Lipinski definition) is 6. The topological polar surface area (TPSA) is 98.6 Å². The molecular formula is C22H27N5O4. The molecule has 0 fully saturated rings. The standard InChI is InChI=1S/C22H27N5O4/c1-5-26(6-2)20(28)13-24-22(29)17-9-16-12-25-27(21(16)23-11-17)14-15-7-8-18(30-3)10-19(15)31-4/h7-12H,5-6,13-14H2,1-4H3,(H,24,29). The van der Waals surface area contributed by atoms with Gasteiger partial charge in [-0.15, -0.1) is 0 Å². The molecule has 3 aromatic rings. The Morgan fingerprint density at radius 3 is 2.55 bits per heavy atom. The second-order valence-corrected chi connectivity index (χ2v) is 6.87. The molecule has 0 unspecified atom stereocenters. The van der Waals surface area contributed by atoms with Crippen LogP contribution in [0.3, 0.4) is 0 Å². The summed E-state index contributed by atoms with van der Waals surface area (Å²) >= 11 is 0. The highest BCUT2D eigenvalue weighted by Gasteiger charge is 2.15. The number of carbonyl (C=O) groups is 2. The number of nitrogens with one attached hydrogen (secondary N) is 1. The van der Waals surface area contributed by atoms with E-state index in [2.05, 4.69) is 15.4 Å². The maximum Gasteiger partial charge on any atom is 0.253 e. The van der Waals surface area contributed by atoms with E-state index in [1.54, 1.807) is 36.1 Å². The second-order valence-electron chi connectivity index (χ2n) is 6.87. The lowest BCUT2D eigenvalue weighted by molar-refractivity contribution is -0.129. The Bertz CT molecular complexity index is 1070. The van der Waals surface area contributed by atoms with Crippen LogP contribution in [0, 0.1) is 0 Å². The van der Waals surface area contributed by atoms with Crippen molar-refractivity contribution in [3.8, 4) is 11.5 Å². The van der Waals surface area contributed by atoms with Gasteiger partial charge in [-0.3, -0.25) is 9.59 Å². The van der Waals surface area contributed by atoms with Crippen LogP contribution < -0.4 is 14.8 Å². The summed E-state index contributed by atoms with van der Waals surface area (Å²) < 4.78 is 12.4. The fraction of sp³-hybridized carbons (Fsp3) is 0.364. The van der Waals surface area contributed by atoms with Gasteiger partial charge < -0.3 is 19.7 Å². The molecule has 2 amide bonds. The molecule has 1 aromatic carbocycles. The number of ether oxygens (including phenoxy) is 2. The van der Waals surface area contributed by atoms with Crippen molar-refractivity contribution in [3.63, 3.8) is 0 Å². The van der Waals surface area contributed by atoms with E-state index in [1.165, 1.54) is 6.20 Å². The van der Waals surface area contributed by atoms with Crippen LogP contribution in [0.15, 0.2) is 36.7 Å². The third kappa shape index (κ3) is 4.93. The predicted octanol–water partition coefficient (Wildman–Crippen LogP) is 2.09. The molecule has 2 aromatic heterocycles. The number of likely N-dealkylation sites (N-methyl/N-ethyl adjacent to an activating group) is 1. The van der Waals surface area contributed by atoms with Crippen LogP contribution >= 0.6 is 0 Å². The molecule has 3 rings (SSSR count). The molecule has 0 atom stereocenters. The number of benzene rings is 1. The summed E-state index contributed by atoms with van der Waals surface area (Å²) in [6, 6.07) is 7.31. The lowest BCUT2D eigenvalue weighted by atomic mass is 10.2. The SMILES string of the molecule is CCN(CC)C(=O)CNC(=O)c1cnc2c(cnn2Cc2ccc(OC)cc2OC)c1. The minimum Gasteiger partial charge on any atom is -0.497 e. The molecule has 9 heteroatoms. The summed E-state index contributed by atoms with van der Waals surface area (Å²) in [5, 5.41) is 7.79. The van der Waals surface area contributed by atoms with Gasteiger partial charge in [0, 0.05) is 36.3 Å². The fourth-order valence-corrected chi connectivity index (χ4v) is 3.30. The first kappa shape index (κ1) is 22.1. The van der Waals surface area contributed by atoms with Gasteiger partial charge in [-0.1, -0.05) is 0 Å². The van der Waals surface area contributed by atoms with Crippen molar-refractivity contribution in [3.05, 3.63) is 47.8 Å². The quantitative estimate of drug-likeness (QED) is 0.564. The summed E-state index contributed by atoms with van der Waals surface area (Å²) in [4.78, 5) is 30.6. The van der Waals surface area contributed by atoms with Crippen LogP contribution in [0.1, 0.15) is 29.8 Å². The average molecular weight is 425 g/mol. The number of hydrogen-bond donors (Lipinski definition) is 1. The van der Waals surface area contributed by atoms with Crippen molar-refractivity contribution in [2.75, 3.05) is 33.9 Å².